The first-order chi connectivity index (χ1) is 9.31. The van der Waals surface area contributed by atoms with Crippen LogP contribution in [0.15, 0.2) is 65.8 Å². The molecule has 0 aliphatic heterocycles. The Morgan fingerprint density at radius 2 is 1.58 bits per heavy atom. The summed E-state index contributed by atoms with van der Waals surface area (Å²) in [5, 5.41) is 4.13. The van der Waals surface area contributed by atoms with Crippen molar-refractivity contribution in [3.63, 3.8) is 0 Å². The van der Waals surface area contributed by atoms with Crippen molar-refractivity contribution in [1.29, 1.82) is 0 Å². The summed E-state index contributed by atoms with van der Waals surface area (Å²) in [5.74, 6) is -0.477. The summed E-state index contributed by atoms with van der Waals surface area (Å²) >= 11 is 0. The monoisotopic (exact) mass is 254 g/mol. The average molecular weight is 254 g/mol. The molecule has 0 atom stereocenters. The molecule has 0 aromatic heterocycles. The molecule has 4 heteroatoms. The second-order valence-corrected chi connectivity index (χ2v) is 3.80. The zero-order chi connectivity index (χ0) is 13.5. The van der Waals surface area contributed by atoms with E-state index in [4.69, 9.17) is 4.74 Å². The Balaban J connectivity index is 2.26. The van der Waals surface area contributed by atoms with Crippen molar-refractivity contribution in [2.45, 2.75) is 0 Å². The number of anilines is 1. The standard InChI is InChI=1S/C15H14N2O2/c1-19-15(18)14(12-8-4-2-5-9-12)17-16-13-10-6-3-7-11-13/h2-11,16H,1H3/b17-14-. The molecule has 2 rings (SSSR count). The molecule has 0 radical (unpaired) electrons. The predicted octanol–water partition coefficient (Wildman–Crippen LogP) is 2.68. The van der Waals surface area contributed by atoms with Gasteiger partial charge in [0.1, 0.15) is 0 Å². The Hall–Kier alpha value is -2.62. The largest absolute Gasteiger partial charge is 0.464 e. The number of carbonyl (C=O) groups is 1. The smallest absolute Gasteiger partial charge is 0.359 e. The van der Waals surface area contributed by atoms with Gasteiger partial charge in [-0.3, -0.25) is 5.43 Å². The highest BCUT2D eigenvalue weighted by Gasteiger charge is 2.14. The van der Waals surface area contributed by atoms with E-state index >= 15 is 0 Å². The lowest BCUT2D eigenvalue weighted by Gasteiger charge is -2.06. The summed E-state index contributed by atoms with van der Waals surface area (Å²) in [5.41, 5.74) is 4.60. The predicted molar refractivity (Wildman–Crippen MR) is 75.1 cm³/mol. The van der Waals surface area contributed by atoms with Gasteiger partial charge in [0.2, 0.25) is 0 Å². The number of hydrogen-bond donors (Lipinski definition) is 1. The maximum absolute atomic E-state index is 11.7. The molecule has 0 aliphatic rings. The molecule has 19 heavy (non-hydrogen) atoms. The number of methoxy groups -OCH3 is 1. The maximum atomic E-state index is 11.7. The van der Waals surface area contributed by atoms with E-state index in [0.29, 0.717) is 5.56 Å². The van der Waals surface area contributed by atoms with E-state index in [-0.39, 0.29) is 5.71 Å². The number of carbonyl (C=O) groups excluding carboxylic acids is 1. The number of benzene rings is 2. The molecule has 2 aromatic carbocycles. The van der Waals surface area contributed by atoms with Crippen LogP contribution in [0.25, 0.3) is 0 Å². The number of hydrogen-bond acceptors (Lipinski definition) is 4. The van der Waals surface area contributed by atoms with Crippen LogP contribution in [-0.4, -0.2) is 18.8 Å². The normalized spacial score (nSPS) is 10.9. The fourth-order valence-electron chi connectivity index (χ4n) is 1.55. The van der Waals surface area contributed by atoms with Crippen LogP contribution in [0, 0.1) is 0 Å². The minimum absolute atomic E-state index is 0.243. The van der Waals surface area contributed by atoms with E-state index < -0.39 is 5.97 Å². The lowest BCUT2D eigenvalue weighted by molar-refractivity contribution is -0.132. The van der Waals surface area contributed by atoms with E-state index in [2.05, 4.69) is 10.5 Å². The van der Waals surface area contributed by atoms with Crippen LogP contribution in [0.1, 0.15) is 5.56 Å². The first-order valence-electron chi connectivity index (χ1n) is 5.84. The molecule has 0 aliphatic carbocycles. The number of nitrogens with zero attached hydrogens (tertiary/aromatic N) is 1. The fraction of sp³-hybridized carbons (Fsp3) is 0.0667. The number of rotatable bonds is 4. The van der Waals surface area contributed by atoms with Crippen LogP contribution in [0.3, 0.4) is 0 Å². The Morgan fingerprint density at radius 3 is 2.16 bits per heavy atom. The Labute approximate surface area is 111 Å². The lowest BCUT2D eigenvalue weighted by Crippen LogP contribution is -2.18. The highest BCUT2D eigenvalue weighted by atomic mass is 16.5. The van der Waals surface area contributed by atoms with Crippen molar-refractivity contribution in [3.8, 4) is 0 Å². The van der Waals surface area contributed by atoms with Gasteiger partial charge >= 0.3 is 5.97 Å². The van der Waals surface area contributed by atoms with Gasteiger partial charge in [0.15, 0.2) is 5.71 Å². The maximum Gasteiger partial charge on any atom is 0.359 e. The summed E-state index contributed by atoms with van der Waals surface area (Å²) in [6.07, 6.45) is 0. The molecular formula is C15H14N2O2. The van der Waals surface area contributed by atoms with Crippen LogP contribution >= 0.6 is 0 Å². The van der Waals surface area contributed by atoms with E-state index in [1.54, 1.807) is 0 Å². The number of para-hydroxylation sites is 1. The molecule has 1 N–H and O–H groups in total. The van der Waals surface area contributed by atoms with Gasteiger partial charge < -0.3 is 4.74 Å². The van der Waals surface area contributed by atoms with Crippen molar-refractivity contribution in [1.82, 2.24) is 0 Å². The lowest BCUT2D eigenvalue weighted by atomic mass is 10.1. The Kier molecular flexibility index (Phi) is 4.29. The highest BCUT2D eigenvalue weighted by Crippen LogP contribution is 2.07. The molecule has 0 unspecified atom stereocenters. The third kappa shape index (κ3) is 3.42. The molecule has 4 nitrogen and oxygen atoms in total. The molecule has 0 spiro atoms. The van der Waals surface area contributed by atoms with E-state index in [1.807, 2.05) is 60.7 Å². The van der Waals surface area contributed by atoms with Crippen molar-refractivity contribution in [2.24, 2.45) is 5.10 Å². The van der Waals surface area contributed by atoms with Crippen LogP contribution in [-0.2, 0) is 9.53 Å². The molecule has 96 valence electrons. The third-order valence-electron chi connectivity index (χ3n) is 2.50. The summed E-state index contributed by atoms with van der Waals surface area (Å²) in [6.45, 7) is 0. The Bertz CT molecular complexity index is 565. The Morgan fingerprint density at radius 1 is 1.00 bits per heavy atom. The minimum atomic E-state index is -0.477. The zero-order valence-electron chi connectivity index (χ0n) is 10.5. The first kappa shape index (κ1) is 12.8. The topological polar surface area (TPSA) is 50.7 Å². The molecule has 0 fully saturated rings. The number of hydrazone groups is 1. The average Bonchev–Trinajstić information content (AvgIpc) is 2.49. The molecule has 0 amide bonds. The van der Waals surface area contributed by atoms with Gasteiger partial charge in [-0.1, -0.05) is 48.5 Å². The van der Waals surface area contributed by atoms with Crippen molar-refractivity contribution in [3.05, 3.63) is 66.2 Å². The number of ether oxygens (including phenoxy) is 1. The van der Waals surface area contributed by atoms with Crippen LogP contribution in [0.5, 0.6) is 0 Å². The van der Waals surface area contributed by atoms with Gasteiger partial charge in [0, 0.05) is 5.56 Å². The van der Waals surface area contributed by atoms with Crippen molar-refractivity contribution < 1.29 is 9.53 Å². The van der Waals surface area contributed by atoms with Crippen LogP contribution < -0.4 is 5.43 Å². The van der Waals surface area contributed by atoms with Gasteiger partial charge in [0.25, 0.3) is 0 Å². The van der Waals surface area contributed by atoms with E-state index in [1.165, 1.54) is 7.11 Å². The summed E-state index contributed by atoms with van der Waals surface area (Å²) in [6, 6.07) is 18.6. The van der Waals surface area contributed by atoms with Crippen molar-refractivity contribution >= 4 is 17.4 Å². The molecule has 2 aromatic rings. The second kappa shape index (κ2) is 6.35. The van der Waals surface area contributed by atoms with Gasteiger partial charge in [-0.25, -0.2) is 4.79 Å². The van der Waals surface area contributed by atoms with Gasteiger partial charge in [-0.15, -0.1) is 0 Å². The molecular weight excluding hydrogens is 240 g/mol. The van der Waals surface area contributed by atoms with Crippen LogP contribution in [0.4, 0.5) is 5.69 Å². The minimum Gasteiger partial charge on any atom is -0.464 e. The first-order valence-corrected chi connectivity index (χ1v) is 5.84. The quantitative estimate of drug-likeness (QED) is 0.518. The van der Waals surface area contributed by atoms with Gasteiger partial charge in [-0.05, 0) is 12.1 Å². The summed E-state index contributed by atoms with van der Waals surface area (Å²) in [7, 11) is 1.34. The molecule has 0 saturated heterocycles. The molecule has 0 bridgehead atoms. The van der Waals surface area contributed by atoms with E-state index in [0.717, 1.165) is 5.69 Å². The third-order valence-corrected chi connectivity index (χ3v) is 2.50. The zero-order valence-corrected chi connectivity index (χ0v) is 10.5. The van der Waals surface area contributed by atoms with Gasteiger partial charge in [-0.2, -0.15) is 5.10 Å². The van der Waals surface area contributed by atoms with E-state index in [9.17, 15) is 4.79 Å². The van der Waals surface area contributed by atoms with Crippen molar-refractivity contribution in [2.75, 3.05) is 12.5 Å². The fourth-order valence-corrected chi connectivity index (χ4v) is 1.55. The molecule has 0 saturated carbocycles. The SMILES string of the molecule is COC(=O)/C(=N\Nc1ccccc1)c1ccccc1. The summed E-state index contributed by atoms with van der Waals surface area (Å²) in [4.78, 5) is 11.7. The second-order valence-electron chi connectivity index (χ2n) is 3.80. The van der Waals surface area contributed by atoms with Crippen LogP contribution in [0.2, 0.25) is 0 Å². The summed E-state index contributed by atoms with van der Waals surface area (Å²) < 4.78 is 4.75. The number of nitrogens with one attached hydrogen (secondary N) is 1. The molecule has 0 heterocycles. The van der Waals surface area contributed by atoms with Gasteiger partial charge in [0.05, 0.1) is 12.8 Å². The number of esters is 1. The highest BCUT2D eigenvalue weighted by molar-refractivity contribution is 6.43.